The summed E-state index contributed by atoms with van der Waals surface area (Å²) in [6, 6.07) is 56.1. The minimum Gasteiger partial charge on any atom is -0.456 e. The van der Waals surface area contributed by atoms with Crippen molar-refractivity contribution in [3.8, 4) is 5.69 Å². The van der Waals surface area contributed by atoms with Crippen molar-refractivity contribution < 1.29 is 4.42 Å². The summed E-state index contributed by atoms with van der Waals surface area (Å²) in [4.78, 5) is 5.33. The zero-order valence-corrected chi connectivity index (χ0v) is 28.2. The van der Waals surface area contributed by atoms with Crippen LogP contribution in [0.3, 0.4) is 0 Å². The number of para-hydroxylation sites is 2. The van der Waals surface area contributed by atoms with Gasteiger partial charge in [0.15, 0.2) is 0 Å². The monoisotopic (exact) mass is 674 g/mol. The molecule has 51 heavy (non-hydrogen) atoms. The van der Waals surface area contributed by atoms with Gasteiger partial charge in [-0.1, -0.05) is 115 Å². The molecule has 11 rings (SSSR count). The fourth-order valence-electron chi connectivity index (χ4n) is 7.92. The van der Waals surface area contributed by atoms with Gasteiger partial charge >= 0.3 is 0 Å². The lowest BCUT2D eigenvalue weighted by Gasteiger charge is -2.32. The summed E-state index contributed by atoms with van der Waals surface area (Å²) >= 11 is 1.85. The summed E-state index contributed by atoms with van der Waals surface area (Å²) in [6.45, 7) is 0. The van der Waals surface area contributed by atoms with Crippen molar-refractivity contribution in [2.24, 2.45) is 4.99 Å². The zero-order chi connectivity index (χ0) is 33.5. The van der Waals surface area contributed by atoms with E-state index in [1.807, 2.05) is 23.5 Å². The maximum absolute atomic E-state index is 6.20. The van der Waals surface area contributed by atoms with Gasteiger partial charge < -0.3 is 14.3 Å². The topological polar surface area (TPSA) is 54.5 Å². The molecular weight excluding hydrogens is 645 g/mol. The van der Waals surface area contributed by atoms with Crippen LogP contribution in [0.15, 0.2) is 167 Å². The summed E-state index contributed by atoms with van der Waals surface area (Å²) in [5.41, 5.74) is 8.56. The molecule has 0 bridgehead atoms. The Morgan fingerprint density at radius 1 is 0.569 bits per heavy atom. The molecule has 3 aromatic heterocycles. The van der Waals surface area contributed by atoms with Crippen LogP contribution in [0.1, 0.15) is 29.0 Å². The van der Waals surface area contributed by atoms with Crippen molar-refractivity contribution in [2.75, 3.05) is 0 Å². The van der Waals surface area contributed by atoms with Crippen molar-refractivity contribution in [1.82, 2.24) is 15.2 Å². The Bertz CT molecular complexity index is 3010. The fraction of sp³-hybridized carbons (Fsp3) is 0.0444. The van der Waals surface area contributed by atoms with Gasteiger partial charge in [-0.15, -0.1) is 11.3 Å². The summed E-state index contributed by atoms with van der Waals surface area (Å²) < 4.78 is 11.2. The van der Waals surface area contributed by atoms with Crippen LogP contribution in [0.25, 0.3) is 69.6 Å². The van der Waals surface area contributed by atoms with Crippen molar-refractivity contribution in [1.29, 1.82) is 0 Å². The van der Waals surface area contributed by atoms with Crippen molar-refractivity contribution in [3.05, 3.63) is 174 Å². The van der Waals surface area contributed by atoms with Gasteiger partial charge in [0.1, 0.15) is 29.3 Å². The molecule has 7 aromatic carbocycles. The van der Waals surface area contributed by atoms with Gasteiger partial charge in [0.25, 0.3) is 0 Å². The molecule has 242 valence electrons. The number of furan rings is 1. The Kier molecular flexibility index (Phi) is 6.26. The highest BCUT2D eigenvalue weighted by molar-refractivity contribution is 7.26. The van der Waals surface area contributed by atoms with E-state index in [9.17, 15) is 0 Å². The first-order chi connectivity index (χ1) is 25.3. The lowest BCUT2D eigenvalue weighted by molar-refractivity contribution is 0.411. The minimum absolute atomic E-state index is 0.155. The Morgan fingerprint density at radius 3 is 2.24 bits per heavy atom. The average Bonchev–Trinajstić information content (AvgIpc) is 3.87. The molecular formula is C45H30N4OS. The summed E-state index contributed by atoms with van der Waals surface area (Å²) in [5.74, 6) is 0.862. The van der Waals surface area contributed by atoms with E-state index in [1.165, 1.54) is 36.5 Å². The second kappa shape index (κ2) is 11.2. The molecule has 0 amide bonds. The smallest absolute Gasteiger partial charge is 0.135 e. The molecule has 1 aliphatic rings. The van der Waals surface area contributed by atoms with Crippen LogP contribution in [-0.2, 0) is 0 Å². The minimum atomic E-state index is -0.226. The molecule has 6 heteroatoms. The van der Waals surface area contributed by atoms with Crippen LogP contribution in [0.4, 0.5) is 0 Å². The lowest BCUT2D eigenvalue weighted by atomic mass is 10.0. The number of benzene rings is 7. The Morgan fingerprint density at radius 2 is 1.31 bits per heavy atom. The second-order valence-electron chi connectivity index (χ2n) is 13.2. The van der Waals surface area contributed by atoms with E-state index in [0.29, 0.717) is 0 Å². The SMILES string of the molecule is c1ccc(C2N=C(c3ccc4c5ccccc5n(-c5ccc6oc7ccccc7c6c5)c4c3)NC(c3cccc4c3sc3ccccc34)N2)cc1. The number of aromatic nitrogens is 1. The van der Waals surface area contributed by atoms with Crippen LogP contribution in [0.2, 0.25) is 0 Å². The molecule has 1 aliphatic heterocycles. The van der Waals surface area contributed by atoms with Crippen LogP contribution in [-0.4, -0.2) is 10.4 Å². The predicted molar refractivity (Wildman–Crippen MR) is 212 cm³/mol. The van der Waals surface area contributed by atoms with E-state index < -0.39 is 0 Å². The molecule has 0 saturated carbocycles. The van der Waals surface area contributed by atoms with Gasteiger partial charge in [-0.05, 0) is 48.0 Å². The standard InChI is InChI=1S/C45H30N4OS/c1-2-11-27(12-3-1)43-46-44(48-45(47-43)35-17-10-16-34-33-15-6-9-20-41(33)51-42(34)35)28-21-23-31-30-13-4-7-18-37(30)49(38(31)25-28)29-22-24-40-36(26-29)32-14-5-8-19-39(32)50-40/h1-26,43,45,47H,(H,46,48). The Balaban J connectivity index is 1.09. The number of thiophene rings is 1. The van der Waals surface area contributed by atoms with E-state index in [4.69, 9.17) is 9.41 Å². The molecule has 2 N–H and O–H groups in total. The molecule has 0 spiro atoms. The highest BCUT2D eigenvalue weighted by Gasteiger charge is 2.28. The second-order valence-corrected chi connectivity index (χ2v) is 14.3. The molecule has 2 atom stereocenters. The van der Waals surface area contributed by atoms with Crippen molar-refractivity contribution in [2.45, 2.75) is 12.3 Å². The molecule has 2 unspecified atom stereocenters. The van der Waals surface area contributed by atoms with E-state index in [2.05, 4.69) is 161 Å². The number of nitrogens with zero attached hydrogens (tertiary/aromatic N) is 2. The van der Waals surface area contributed by atoms with Gasteiger partial charge in [-0.25, -0.2) is 4.99 Å². The van der Waals surface area contributed by atoms with E-state index in [0.717, 1.165) is 55.6 Å². The first-order valence-corrected chi connectivity index (χ1v) is 18.1. The highest BCUT2D eigenvalue weighted by atomic mass is 32.1. The first-order valence-electron chi connectivity index (χ1n) is 17.3. The van der Waals surface area contributed by atoms with Crippen LogP contribution < -0.4 is 10.6 Å². The lowest BCUT2D eigenvalue weighted by Crippen LogP contribution is -2.45. The number of hydrogen-bond donors (Lipinski definition) is 2. The highest BCUT2D eigenvalue weighted by Crippen LogP contribution is 2.40. The maximum atomic E-state index is 6.20. The van der Waals surface area contributed by atoms with Crippen LogP contribution in [0.5, 0.6) is 0 Å². The maximum Gasteiger partial charge on any atom is 0.135 e. The third-order valence-corrected chi connectivity index (χ3v) is 11.5. The molecule has 0 fully saturated rings. The van der Waals surface area contributed by atoms with E-state index in [-0.39, 0.29) is 12.3 Å². The molecule has 4 heterocycles. The molecule has 0 aliphatic carbocycles. The van der Waals surface area contributed by atoms with Gasteiger partial charge in [0.05, 0.1) is 11.0 Å². The van der Waals surface area contributed by atoms with Crippen LogP contribution >= 0.6 is 11.3 Å². The average molecular weight is 675 g/mol. The number of hydrogen-bond acceptors (Lipinski definition) is 5. The van der Waals surface area contributed by atoms with Gasteiger partial charge in [-0.2, -0.15) is 0 Å². The molecule has 10 aromatic rings. The van der Waals surface area contributed by atoms with Gasteiger partial charge in [0, 0.05) is 58.5 Å². The third-order valence-electron chi connectivity index (χ3n) is 10.3. The van der Waals surface area contributed by atoms with Gasteiger partial charge in [-0.3, -0.25) is 5.32 Å². The van der Waals surface area contributed by atoms with E-state index in [1.54, 1.807) is 0 Å². The fourth-order valence-corrected chi connectivity index (χ4v) is 9.16. The Labute approximate surface area is 297 Å². The molecule has 0 radical (unpaired) electrons. The number of rotatable bonds is 4. The van der Waals surface area contributed by atoms with Crippen molar-refractivity contribution in [3.63, 3.8) is 0 Å². The number of aliphatic imine (C=N–C) groups is 1. The number of fused-ring (bicyclic) bond motifs is 9. The summed E-state index contributed by atoms with van der Waals surface area (Å²) in [7, 11) is 0. The quantitative estimate of drug-likeness (QED) is 0.195. The first kappa shape index (κ1) is 28.6. The largest absolute Gasteiger partial charge is 0.456 e. The van der Waals surface area contributed by atoms with E-state index >= 15 is 0 Å². The normalized spacial score (nSPS) is 16.4. The van der Waals surface area contributed by atoms with Crippen LogP contribution in [0, 0.1) is 0 Å². The summed E-state index contributed by atoms with van der Waals surface area (Å²) in [6.07, 6.45) is -0.381. The number of nitrogens with one attached hydrogen (secondary N) is 2. The zero-order valence-electron chi connectivity index (χ0n) is 27.4. The number of amidine groups is 1. The summed E-state index contributed by atoms with van der Waals surface area (Å²) in [5, 5.41) is 14.9. The molecule has 5 nitrogen and oxygen atoms in total. The van der Waals surface area contributed by atoms with Gasteiger partial charge in [0.2, 0.25) is 0 Å². The predicted octanol–water partition coefficient (Wildman–Crippen LogP) is 11.4. The Hall–Kier alpha value is -6.21. The third kappa shape index (κ3) is 4.47. The van der Waals surface area contributed by atoms with Crippen molar-refractivity contribution >= 4 is 81.1 Å². The molecule has 0 saturated heterocycles.